The third-order valence-corrected chi connectivity index (χ3v) is 4.78. The quantitative estimate of drug-likeness (QED) is 0.774. The number of morpholine rings is 1. The average Bonchev–Trinajstić information content (AvgIpc) is 3.12. The smallest absolute Gasteiger partial charge is 0.416 e. The molecular formula is C19H24F3N3O2. The molecule has 1 aliphatic heterocycles. The van der Waals surface area contributed by atoms with Crippen LogP contribution in [0.3, 0.4) is 0 Å². The summed E-state index contributed by atoms with van der Waals surface area (Å²) >= 11 is 0. The van der Waals surface area contributed by atoms with E-state index in [1.807, 2.05) is 13.8 Å². The Bertz CT molecular complexity index is 743. The van der Waals surface area contributed by atoms with E-state index in [1.165, 1.54) is 0 Å². The molecule has 0 radical (unpaired) electrons. The summed E-state index contributed by atoms with van der Waals surface area (Å²) in [5, 5.41) is 8.27. The Kier molecular flexibility index (Phi) is 5.86. The van der Waals surface area contributed by atoms with Crippen LogP contribution in [0.2, 0.25) is 0 Å². The predicted molar refractivity (Wildman–Crippen MR) is 93.3 cm³/mol. The molecule has 27 heavy (non-hydrogen) atoms. The molecule has 148 valence electrons. The molecule has 0 spiro atoms. The molecule has 3 rings (SSSR count). The molecule has 8 heteroatoms. The van der Waals surface area contributed by atoms with Crippen LogP contribution in [0.4, 0.5) is 13.2 Å². The Morgan fingerprint density at radius 3 is 2.44 bits per heavy atom. The fraction of sp³-hybridized carbons (Fsp3) is 0.579. The Labute approximate surface area is 156 Å². The Hall–Kier alpha value is -1.93. The van der Waals surface area contributed by atoms with Gasteiger partial charge in [-0.2, -0.15) is 13.2 Å². The number of halogens is 3. The van der Waals surface area contributed by atoms with Gasteiger partial charge in [-0.05, 0) is 31.0 Å². The van der Waals surface area contributed by atoms with Crippen LogP contribution in [-0.4, -0.2) is 40.9 Å². The van der Waals surface area contributed by atoms with Crippen LogP contribution >= 0.6 is 0 Å². The van der Waals surface area contributed by atoms with Gasteiger partial charge in [-0.25, -0.2) is 0 Å². The zero-order valence-electron chi connectivity index (χ0n) is 15.7. The minimum Gasteiger partial charge on any atom is -0.423 e. The number of rotatable bonds is 5. The lowest BCUT2D eigenvalue weighted by Crippen LogP contribution is -2.45. The molecule has 5 nitrogen and oxygen atoms in total. The van der Waals surface area contributed by atoms with E-state index < -0.39 is 11.7 Å². The zero-order valence-corrected chi connectivity index (χ0v) is 15.7. The monoisotopic (exact) mass is 383 g/mol. The topological polar surface area (TPSA) is 51.4 Å². The van der Waals surface area contributed by atoms with Crippen molar-refractivity contribution in [3.05, 3.63) is 47.2 Å². The van der Waals surface area contributed by atoms with Crippen molar-refractivity contribution in [2.75, 3.05) is 19.8 Å². The van der Waals surface area contributed by atoms with Crippen molar-refractivity contribution in [1.29, 1.82) is 0 Å². The van der Waals surface area contributed by atoms with E-state index in [9.17, 15) is 13.2 Å². The molecule has 1 saturated heterocycles. The summed E-state index contributed by atoms with van der Waals surface area (Å²) in [6.07, 6.45) is -3.69. The highest BCUT2D eigenvalue weighted by Gasteiger charge is 2.33. The second kappa shape index (κ2) is 7.98. The van der Waals surface area contributed by atoms with Crippen molar-refractivity contribution in [2.24, 2.45) is 0 Å². The highest BCUT2D eigenvalue weighted by atomic mass is 19.4. The molecule has 2 atom stereocenters. The third kappa shape index (κ3) is 4.68. The number of nitrogens with zero attached hydrogens (tertiary/aromatic N) is 3. The first-order chi connectivity index (χ1) is 12.8. The van der Waals surface area contributed by atoms with Crippen molar-refractivity contribution < 1.29 is 22.3 Å². The van der Waals surface area contributed by atoms with Gasteiger partial charge in [0, 0.05) is 18.5 Å². The molecule has 0 amide bonds. The molecule has 1 aliphatic rings. The van der Waals surface area contributed by atoms with E-state index in [4.69, 9.17) is 9.15 Å². The van der Waals surface area contributed by atoms with Crippen molar-refractivity contribution in [3.63, 3.8) is 0 Å². The van der Waals surface area contributed by atoms with Gasteiger partial charge in [0.25, 0.3) is 0 Å². The summed E-state index contributed by atoms with van der Waals surface area (Å²) in [4.78, 5) is 2.22. The van der Waals surface area contributed by atoms with Gasteiger partial charge in [0.2, 0.25) is 11.8 Å². The Morgan fingerprint density at radius 1 is 1.15 bits per heavy atom. The standard InChI is InChI=1S/C19H24F3N3O2/c1-12(2)17-23-24-18(27-17)16-11-26-9-8-25(16)13(3)10-14-4-6-15(7-5-14)19(20,21)22/h4-7,12-13,16H,8-11H2,1-3H3. The molecule has 0 bridgehead atoms. The minimum atomic E-state index is -4.31. The van der Waals surface area contributed by atoms with Gasteiger partial charge in [0.1, 0.15) is 6.04 Å². The summed E-state index contributed by atoms with van der Waals surface area (Å²) in [7, 11) is 0. The molecule has 1 fully saturated rings. The fourth-order valence-electron chi connectivity index (χ4n) is 3.26. The Morgan fingerprint density at radius 2 is 1.85 bits per heavy atom. The normalized spacial score (nSPS) is 20.2. The number of aromatic nitrogens is 2. The molecule has 2 heterocycles. The molecule has 1 aromatic carbocycles. The van der Waals surface area contributed by atoms with Gasteiger partial charge < -0.3 is 9.15 Å². The van der Waals surface area contributed by atoms with Crippen LogP contribution in [0.1, 0.15) is 55.6 Å². The lowest BCUT2D eigenvalue weighted by molar-refractivity contribution is -0.137. The number of ether oxygens (including phenoxy) is 1. The van der Waals surface area contributed by atoms with Gasteiger partial charge in [-0.1, -0.05) is 26.0 Å². The summed E-state index contributed by atoms with van der Waals surface area (Å²) < 4.78 is 49.6. The third-order valence-electron chi connectivity index (χ3n) is 4.78. The van der Waals surface area contributed by atoms with E-state index in [2.05, 4.69) is 22.0 Å². The lowest BCUT2D eigenvalue weighted by Gasteiger charge is -2.38. The molecule has 2 aromatic rings. The highest BCUT2D eigenvalue weighted by Crippen LogP contribution is 2.30. The van der Waals surface area contributed by atoms with Crippen LogP contribution in [0.25, 0.3) is 0 Å². The highest BCUT2D eigenvalue weighted by molar-refractivity contribution is 5.25. The first-order valence-electron chi connectivity index (χ1n) is 9.08. The summed E-state index contributed by atoms with van der Waals surface area (Å²) in [5.41, 5.74) is 0.226. The molecule has 2 unspecified atom stereocenters. The average molecular weight is 383 g/mol. The maximum Gasteiger partial charge on any atom is 0.416 e. The van der Waals surface area contributed by atoms with Crippen LogP contribution in [0.5, 0.6) is 0 Å². The van der Waals surface area contributed by atoms with Crippen molar-refractivity contribution in [2.45, 2.75) is 51.4 Å². The minimum absolute atomic E-state index is 0.0880. The van der Waals surface area contributed by atoms with E-state index >= 15 is 0 Å². The number of benzene rings is 1. The second-order valence-corrected chi connectivity index (χ2v) is 7.21. The number of alkyl halides is 3. The van der Waals surface area contributed by atoms with E-state index in [-0.39, 0.29) is 18.0 Å². The van der Waals surface area contributed by atoms with Gasteiger partial charge in [0.05, 0.1) is 18.8 Å². The number of hydrogen-bond acceptors (Lipinski definition) is 5. The summed E-state index contributed by atoms with van der Waals surface area (Å²) in [6.45, 7) is 7.77. The predicted octanol–water partition coefficient (Wildman–Crippen LogP) is 4.22. The first-order valence-corrected chi connectivity index (χ1v) is 9.08. The van der Waals surface area contributed by atoms with Gasteiger partial charge >= 0.3 is 6.18 Å². The van der Waals surface area contributed by atoms with Gasteiger partial charge in [0.15, 0.2) is 0 Å². The molecular weight excluding hydrogens is 359 g/mol. The van der Waals surface area contributed by atoms with Gasteiger partial charge in [-0.15, -0.1) is 10.2 Å². The van der Waals surface area contributed by atoms with E-state index in [1.54, 1.807) is 12.1 Å². The van der Waals surface area contributed by atoms with Gasteiger partial charge in [-0.3, -0.25) is 4.90 Å². The van der Waals surface area contributed by atoms with Crippen LogP contribution in [-0.2, 0) is 17.3 Å². The van der Waals surface area contributed by atoms with Crippen molar-refractivity contribution in [3.8, 4) is 0 Å². The van der Waals surface area contributed by atoms with E-state index in [0.717, 1.165) is 17.7 Å². The van der Waals surface area contributed by atoms with Crippen LogP contribution in [0.15, 0.2) is 28.7 Å². The number of hydrogen-bond donors (Lipinski definition) is 0. The lowest BCUT2D eigenvalue weighted by atomic mass is 10.0. The van der Waals surface area contributed by atoms with Crippen molar-refractivity contribution in [1.82, 2.24) is 15.1 Å². The molecule has 1 aromatic heterocycles. The maximum absolute atomic E-state index is 12.7. The van der Waals surface area contributed by atoms with Crippen LogP contribution < -0.4 is 0 Å². The summed E-state index contributed by atoms with van der Waals surface area (Å²) in [6, 6.07) is 5.28. The molecule has 0 aliphatic carbocycles. The largest absolute Gasteiger partial charge is 0.423 e. The zero-order chi connectivity index (χ0) is 19.6. The van der Waals surface area contributed by atoms with E-state index in [0.29, 0.717) is 38.0 Å². The maximum atomic E-state index is 12.7. The van der Waals surface area contributed by atoms with Crippen LogP contribution in [0, 0.1) is 0 Å². The Balaban J connectivity index is 1.72. The second-order valence-electron chi connectivity index (χ2n) is 7.21. The molecule has 0 saturated carbocycles. The molecule has 0 N–H and O–H groups in total. The van der Waals surface area contributed by atoms with Crippen molar-refractivity contribution >= 4 is 0 Å². The fourth-order valence-corrected chi connectivity index (χ4v) is 3.26. The SMILES string of the molecule is CC(C)c1nnc(C2COCCN2C(C)Cc2ccc(C(F)(F)F)cc2)o1. The summed E-state index contributed by atoms with van der Waals surface area (Å²) in [5.74, 6) is 1.26. The first kappa shape index (κ1) is 19.8.